The molecule has 2 aromatic carbocycles. The third-order valence-corrected chi connectivity index (χ3v) is 4.33. The summed E-state index contributed by atoms with van der Waals surface area (Å²) in [6.45, 7) is 4.19. The average Bonchev–Trinajstić information content (AvgIpc) is 3.15. The van der Waals surface area contributed by atoms with Gasteiger partial charge in [0.25, 0.3) is 5.91 Å². The van der Waals surface area contributed by atoms with Crippen LogP contribution in [0.15, 0.2) is 73.1 Å². The van der Waals surface area contributed by atoms with Crippen molar-refractivity contribution in [3.05, 3.63) is 90.0 Å². The van der Waals surface area contributed by atoms with Crippen LogP contribution in [0.1, 0.15) is 29.8 Å². The highest BCUT2D eigenvalue weighted by Gasteiger charge is 2.24. The number of aromatic nitrogens is 1. The lowest BCUT2D eigenvalue weighted by Crippen LogP contribution is -2.37. The Kier molecular flexibility index (Phi) is 4.70. The first-order valence-electron chi connectivity index (χ1n) is 8.24. The highest BCUT2D eigenvalue weighted by atomic mass is 19.1. The first-order chi connectivity index (χ1) is 12.0. The van der Waals surface area contributed by atoms with Gasteiger partial charge in [0.15, 0.2) is 0 Å². The molecule has 1 aromatic heterocycles. The quantitative estimate of drug-likeness (QED) is 0.739. The zero-order chi connectivity index (χ0) is 17.9. The van der Waals surface area contributed by atoms with E-state index < -0.39 is 5.41 Å². The molecule has 0 bridgehead atoms. The maximum atomic E-state index is 14.0. The molecule has 1 N–H and O–H groups in total. The number of amides is 1. The molecule has 3 nitrogen and oxygen atoms in total. The average molecular weight is 336 g/mol. The van der Waals surface area contributed by atoms with Crippen LogP contribution in [0.4, 0.5) is 4.39 Å². The zero-order valence-corrected chi connectivity index (χ0v) is 14.4. The molecule has 0 fully saturated rings. The lowest BCUT2D eigenvalue weighted by atomic mass is 9.84. The molecule has 3 aromatic rings. The van der Waals surface area contributed by atoms with E-state index in [4.69, 9.17) is 0 Å². The molecule has 0 aliphatic rings. The van der Waals surface area contributed by atoms with Crippen molar-refractivity contribution in [3.8, 4) is 5.69 Å². The van der Waals surface area contributed by atoms with Gasteiger partial charge in [0, 0.05) is 35.6 Å². The second kappa shape index (κ2) is 6.93. The molecular formula is C21H21FN2O. The van der Waals surface area contributed by atoms with Crippen molar-refractivity contribution in [2.45, 2.75) is 19.3 Å². The van der Waals surface area contributed by atoms with Crippen LogP contribution in [0.5, 0.6) is 0 Å². The standard InChI is InChI=1S/C21H21FN2O/c1-21(2,18-7-3-4-8-19(18)22)15-23-20(25)16-9-11-17(12-10-16)24-13-5-6-14-24/h3-14H,15H2,1-2H3,(H,23,25). The Bertz CT molecular complexity index is 852. The summed E-state index contributed by atoms with van der Waals surface area (Å²) in [7, 11) is 0. The minimum absolute atomic E-state index is 0.163. The topological polar surface area (TPSA) is 34.0 Å². The van der Waals surface area contributed by atoms with Crippen LogP contribution in [-0.4, -0.2) is 17.0 Å². The smallest absolute Gasteiger partial charge is 0.251 e. The summed E-state index contributed by atoms with van der Waals surface area (Å²) in [4.78, 5) is 12.4. The Hall–Kier alpha value is -2.88. The summed E-state index contributed by atoms with van der Waals surface area (Å²) >= 11 is 0. The van der Waals surface area contributed by atoms with Crippen molar-refractivity contribution in [3.63, 3.8) is 0 Å². The monoisotopic (exact) mass is 336 g/mol. The highest BCUT2D eigenvalue weighted by molar-refractivity contribution is 5.94. The largest absolute Gasteiger partial charge is 0.351 e. The number of nitrogens with zero attached hydrogens (tertiary/aromatic N) is 1. The number of hydrogen-bond donors (Lipinski definition) is 1. The predicted molar refractivity (Wildman–Crippen MR) is 97.5 cm³/mol. The number of carbonyl (C=O) groups is 1. The summed E-state index contributed by atoms with van der Waals surface area (Å²) in [5.74, 6) is -0.415. The fourth-order valence-electron chi connectivity index (χ4n) is 2.80. The van der Waals surface area contributed by atoms with Crippen molar-refractivity contribution < 1.29 is 9.18 Å². The van der Waals surface area contributed by atoms with E-state index in [1.54, 1.807) is 24.3 Å². The minimum Gasteiger partial charge on any atom is -0.351 e. The molecule has 0 aliphatic carbocycles. The second-order valence-corrected chi connectivity index (χ2v) is 6.68. The number of hydrogen-bond acceptors (Lipinski definition) is 1. The van der Waals surface area contributed by atoms with E-state index in [-0.39, 0.29) is 11.7 Å². The van der Waals surface area contributed by atoms with Gasteiger partial charge in [0.05, 0.1) is 0 Å². The normalized spacial score (nSPS) is 11.3. The van der Waals surface area contributed by atoms with Crippen LogP contribution in [-0.2, 0) is 5.41 Å². The molecule has 0 radical (unpaired) electrons. The van der Waals surface area contributed by atoms with Crippen LogP contribution in [0.3, 0.4) is 0 Å². The fourth-order valence-corrected chi connectivity index (χ4v) is 2.80. The molecule has 3 rings (SSSR count). The van der Waals surface area contributed by atoms with Crippen LogP contribution >= 0.6 is 0 Å². The van der Waals surface area contributed by atoms with Crippen LogP contribution in [0.2, 0.25) is 0 Å². The number of rotatable bonds is 5. The van der Waals surface area contributed by atoms with Gasteiger partial charge in [-0.05, 0) is 48.0 Å². The molecule has 1 heterocycles. The van der Waals surface area contributed by atoms with Gasteiger partial charge in [-0.25, -0.2) is 4.39 Å². The summed E-state index contributed by atoms with van der Waals surface area (Å²) in [6.07, 6.45) is 3.90. The lowest BCUT2D eigenvalue weighted by Gasteiger charge is -2.26. The van der Waals surface area contributed by atoms with Crippen LogP contribution < -0.4 is 5.32 Å². The molecule has 0 saturated carbocycles. The molecule has 0 atom stereocenters. The van der Waals surface area contributed by atoms with Gasteiger partial charge in [0.1, 0.15) is 5.82 Å². The molecule has 0 aliphatic heterocycles. The first-order valence-corrected chi connectivity index (χ1v) is 8.24. The van der Waals surface area contributed by atoms with Crippen molar-refractivity contribution >= 4 is 5.91 Å². The van der Waals surface area contributed by atoms with E-state index in [1.807, 2.05) is 61.1 Å². The molecule has 0 unspecified atom stereocenters. The van der Waals surface area contributed by atoms with E-state index in [9.17, 15) is 9.18 Å². The highest BCUT2D eigenvalue weighted by Crippen LogP contribution is 2.25. The predicted octanol–water partition coefficient (Wildman–Crippen LogP) is 4.32. The van der Waals surface area contributed by atoms with E-state index in [0.717, 1.165) is 5.69 Å². The van der Waals surface area contributed by atoms with Crippen LogP contribution in [0, 0.1) is 5.82 Å². The fraction of sp³-hybridized carbons (Fsp3) is 0.190. The van der Waals surface area contributed by atoms with Crippen molar-refractivity contribution in [2.24, 2.45) is 0 Å². The van der Waals surface area contributed by atoms with E-state index in [2.05, 4.69) is 5.32 Å². The van der Waals surface area contributed by atoms with Gasteiger partial charge in [-0.2, -0.15) is 0 Å². The number of halogens is 1. The Labute approximate surface area is 147 Å². The third kappa shape index (κ3) is 3.79. The molecule has 128 valence electrons. The minimum atomic E-state index is -0.494. The van der Waals surface area contributed by atoms with Crippen molar-refractivity contribution in [1.82, 2.24) is 9.88 Å². The first kappa shape index (κ1) is 17.0. The van der Waals surface area contributed by atoms with Gasteiger partial charge >= 0.3 is 0 Å². The molecular weight excluding hydrogens is 315 g/mol. The Morgan fingerprint density at radius 2 is 1.64 bits per heavy atom. The summed E-state index contributed by atoms with van der Waals surface area (Å²) in [5.41, 5.74) is 1.68. The van der Waals surface area contributed by atoms with Crippen molar-refractivity contribution in [1.29, 1.82) is 0 Å². The van der Waals surface area contributed by atoms with E-state index in [0.29, 0.717) is 17.7 Å². The molecule has 1 amide bonds. The molecule has 25 heavy (non-hydrogen) atoms. The van der Waals surface area contributed by atoms with Gasteiger partial charge in [-0.15, -0.1) is 0 Å². The maximum absolute atomic E-state index is 14.0. The third-order valence-electron chi connectivity index (χ3n) is 4.33. The maximum Gasteiger partial charge on any atom is 0.251 e. The van der Waals surface area contributed by atoms with Crippen LogP contribution in [0.25, 0.3) is 5.69 Å². The lowest BCUT2D eigenvalue weighted by molar-refractivity contribution is 0.0945. The Balaban J connectivity index is 1.67. The molecule has 0 saturated heterocycles. The Morgan fingerprint density at radius 1 is 1.00 bits per heavy atom. The number of carbonyl (C=O) groups excluding carboxylic acids is 1. The van der Waals surface area contributed by atoms with Crippen molar-refractivity contribution in [2.75, 3.05) is 6.54 Å². The SMILES string of the molecule is CC(C)(CNC(=O)c1ccc(-n2cccc2)cc1)c1ccccc1F. The van der Waals surface area contributed by atoms with Gasteiger partial charge in [0.2, 0.25) is 0 Å². The summed E-state index contributed by atoms with van der Waals surface area (Å²) in [5, 5.41) is 2.91. The Morgan fingerprint density at radius 3 is 2.28 bits per heavy atom. The molecule has 4 heteroatoms. The van der Waals surface area contributed by atoms with E-state index in [1.165, 1.54) is 6.07 Å². The molecule has 0 spiro atoms. The second-order valence-electron chi connectivity index (χ2n) is 6.68. The summed E-state index contributed by atoms with van der Waals surface area (Å²) in [6, 6.07) is 18.0. The van der Waals surface area contributed by atoms with E-state index >= 15 is 0 Å². The number of nitrogens with one attached hydrogen (secondary N) is 1. The van der Waals surface area contributed by atoms with Gasteiger partial charge in [-0.3, -0.25) is 4.79 Å². The zero-order valence-electron chi connectivity index (χ0n) is 14.4. The van der Waals surface area contributed by atoms with Gasteiger partial charge < -0.3 is 9.88 Å². The number of benzene rings is 2. The summed E-state index contributed by atoms with van der Waals surface area (Å²) < 4.78 is 16.0. The van der Waals surface area contributed by atoms with Gasteiger partial charge in [-0.1, -0.05) is 32.0 Å².